The van der Waals surface area contributed by atoms with Gasteiger partial charge in [0.1, 0.15) is 0 Å². The number of nitrogens with zero attached hydrogens (tertiary/aromatic N) is 1. The summed E-state index contributed by atoms with van der Waals surface area (Å²) < 4.78 is 0.411. The van der Waals surface area contributed by atoms with E-state index in [9.17, 15) is 20.3 Å². The second kappa shape index (κ2) is 6.87. The van der Waals surface area contributed by atoms with Gasteiger partial charge in [0, 0.05) is 22.5 Å². The molecule has 2 aromatic carbocycles. The lowest BCUT2D eigenvalue weighted by molar-refractivity contribution is -0.386. The fraction of sp³-hybridized carbons (Fsp3) is 0.200. The van der Waals surface area contributed by atoms with Gasteiger partial charge in [-0.1, -0.05) is 46.3 Å². The summed E-state index contributed by atoms with van der Waals surface area (Å²) in [5.41, 5.74) is 6.53. The van der Waals surface area contributed by atoms with Gasteiger partial charge in [0.2, 0.25) is 0 Å². The van der Waals surface area contributed by atoms with Crippen molar-refractivity contribution in [2.24, 2.45) is 5.73 Å². The normalized spacial score (nSPS) is 13.6. The molecule has 0 radical (unpaired) electrons. The standard InChI is InChI=1S/C15H15BrN2O4/c16-10-7-11(15(20)12(8-10)18(21)22)14(17)13(19)6-9-4-2-1-3-5-9/h1-5,7-8,13-14,19-20H,6,17H2/t13-,14+/m1/s1. The first-order valence-corrected chi connectivity index (χ1v) is 7.34. The van der Waals surface area contributed by atoms with Crippen molar-refractivity contribution in [3.8, 4) is 5.75 Å². The van der Waals surface area contributed by atoms with Crippen LogP contribution in [0.5, 0.6) is 5.75 Å². The van der Waals surface area contributed by atoms with Gasteiger partial charge in [-0.3, -0.25) is 10.1 Å². The molecular weight excluding hydrogens is 352 g/mol. The summed E-state index contributed by atoms with van der Waals surface area (Å²) in [4.78, 5) is 10.2. The third kappa shape index (κ3) is 3.62. The molecule has 0 aliphatic heterocycles. The molecule has 116 valence electrons. The summed E-state index contributed by atoms with van der Waals surface area (Å²) >= 11 is 3.15. The average Bonchev–Trinajstić information content (AvgIpc) is 2.49. The van der Waals surface area contributed by atoms with Crippen molar-refractivity contribution in [2.75, 3.05) is 0 Å². The molecule has 0 fully saturated rings. The molecule has 7 heteroatoms. The van der Waals surface area contributed by atoms with Gasteiger partial charge in [-0.2, -0.15) is 0 Å². The summed E-state index contributed by atoms with van der Waals surface area (Å²) in [5.74, 6) is -0.521. The molecule has 0 spiro atoms. The minimum Gasteiger partial charge on any atom is -0.502 e. The van der Waals surface area contributed by atoms with Crippen LogP contribution in [0.4, 0.5) is 5.69 Å². The van der Waals surface area contributed by atoms with Crippen LogP contribution in [0.15, 0.2) is 46.9 Å². The molecule has 0 saturated carbocycles. The van der Waals surface area contributed by atoms with Crippen LogP contribution < -0.4 is 5.73 Å². The Balaban J connectivity index is 2.29. The monoisotopic (exact) mass is 366 g/mol. The largest absolute Gasteiger partial charge is 0.502 e. The van der Waals surface area contributed by atoms with Gasteiger partial charge in [0.05, 0.1) is 17.1 Å². The Morgan fingerprint density at radius 1 is 1.27 bits per heavy atom. The van der Waals surface area contributed by atoms with Crippen molar-refractivity contribution >= 4 is 21.6 Å². The highest BCUT2D eigenvalue weighted by atomic mass is 79.9. The number of rotatable bonds is 5. The maximum atomic E-state index is 10.9. The molecule has 0 amide bonds. The molecule has 2 rings (SSSR count). The second-order valence-electron chi connectivity index (χ2n) is 4.90. The maximum absolute atomic E-state index is 10.9. The molecule has 0 aromatic heterocycles. The van der Waals surface area contributed by atoms with E-state index in [4.69, 9.17) is 5.73 Å². The Morgan fingerprint density at radius 2 is 1.91 bits per heavy atom. The zero-order valence-corrected chi connectivity index (χ0v) is 13.1. The number of halogens is 1. The third-order valence-corrected chi connectivity index (χ3v) is 3.80. The Bertz CT molecular complexity index is 679. The Kier molecular flexibility index (Phi) is 5.12. The van der Waals surface area contributed by atoms with Crippen molar-refractivity contribution in [3.63, 3.8) is 0 Å². The zero-order chi connectivity index (χ0) is 16.3. The molecule has 4 N–H and O–H groups in total. The van der Waals surface area contributed by atoms with Crippen LogP contribution in [0.25, 0.3) is 0 Å². The number of aliphatic hydroxyl groups is 1. The van der Waals surface area contributed by atoms with Crippen LogP contribution in [0.1, 0.15) is 17.2 Å². The molecule has 0 unspecified atom stereocenters. The van der Waals surface area contributed by atoms with E-state index in [0.717, 1.165) is 5.56 Å². The van der Waals surface area contributed by atoms with Crippen molar-refractivity contribution in [3.05, 3.63) is 68.2 Å². The van der Waals surface area contributed by atoms with Crippen LogP contribution in [0.2, 0.25) is 0 Å². The first kappa shape index (κ1) is 16.4. The molecular formula is C15H15BrN2O4. The first-order valence-electron chi connectivity index (χ1n) is 6.54. The van der Waals surface area contributed by atoms with E-state index in [1.165, 1.54) is 12.1 Å². The third-order valence-electron chi connectivity index (χ3n) is 3.34. The molecule has 6 nitrogen and oxygen atoms in total. The Labute approximate surface area is 135 Å². The minimum absolute atomic E-state index is 0.129. The average molecular weight is 367 g/mol. The van der Waals surface area contributed by atoms with Gasteiger partial charge in [-0.25, -0.2) is 0 Å². The van der Waals surface area contributed by atoms with Gasteiger partial charge in [0.25, 0.3) is 0 Å². The highest BCUT2D eigenvalue weighted by Crippen LogP contribution is 2.37. The summed E-state index contributed by atoms with van der Waals surface area (Å²) in [6, 6.07) is 11.0. The highest BCUT2D eigenvalue weighted by molar-refractivity contribution is 9.10. The van der Waals surface area contributed by atoms with Gasteiger partial charge in [-0.15, -0.1) is 0 Å². The fourth-order valence-corrected chi connectivity index (χ4v) is 2.65. The molecule has 2 atom stereocenters. The first-order chi connectivity index (χ1) is 10.4. The minimum atomic E-state index is -0.984. The van der Waals surface area contributed by atoms with Crippen molar-refractivity contribution in [2.45, 2.75) is 18.6 Å². The lowest BCUT2D eigenvalue weighted by Gasteiger charge is -2.20. The van der Waals surface area contributed by atoms with Crippen molar-refractivity contribution in [1.82, 2.24) is 0 Å². The molecule has 0 saturated heterocycles. The van der Waals surface area contributed by atoms with Crippen molar-refractivity contribution in [1.29, 1.82) is 0 Å². The Hall–Kier alpha value is -1.96. The SMILES string of the molecule is N[C@@H](c1cc(Br)cc([N+](=O)[O-])c1O)[C@H](O)Cc1ccccc1. The van der Waals surface area contributed by atoms with Gasteiger partial charge in [-0.05, 0) is 11.6 Å². The smallest absolute Gasteiger partial charge is 0.312 e. The van der Waals surface area contributed by atoms with E-state index in [-0.39, 0.29) is 12.0 Å². The Morgan fingerprint density at radius 3 is 2.50 bits per heavy atom. The van der Waals surface area contributed by atoms with E-state index in [1.54, 1.807) is 0 Å². The topological polar surface area (TPSA) is 110 Å². The number of hydrogen-bond donors (Lipinski definition) is 3. The number of nitro benzene ring substituents is 1. The molecule has 2 aromatic rings. The molecule has 0 aliphatic rings. The van der Waals surface area contributed by atoms with Crippen LogP contribution in [0, 0.1) is 10.1 Å². The number of nitro groups is 1. The summed E-state index contributed by atoms with van der Waals surface area (Å²) in [6.45, 7) is 0. The van der Waals surface area contributed by atoms with Crippen molar-refractivity contribution < 1.29 is 15.1 Å². The predicted molar refractivity (Wildman–Crippen MR) is 85.5 cm³/mol. The number of phenolic OH excluding ortho intramolecular Hbond substituents is 1. The lowest BCUT2D eigenvalue weighted by Crippen LogP contribution is -2.28. The fourth-order valence-electron chi connectivity index (χ4n) is 2.19. The van der Waals surface area contributed by atoms with E-state index < -0.39 is 28.5 Å². The predicted octanol–water partition coefficient (Wildman–Crippen LogP) is 2.67. The van der Waals surface area contributed by atoms with Crippen LogP contribution in [-0.4, -0.2) is 21.2 Å². The molecule has 0 heterocycles. The molecule has 22 heavy (non-hydrogen) atoms. The lowest BCUT2D eigenvalue weighted by atomic mass is 9.96. The van der Waals surface area contributed by atoms with Crippen LogP contribution in [-0.2, 0) is 6.42 Å². The number of hydrogen-bond acceptors (Lipinski definition) is 5. The number of aromatic hydroxyl groups is 1. The summed E-state index contributed by atoms with van der Waals surface area (Å²) in [7, 11) is 0. The maximum Gasteiger partial charge on any atom is 0.312 e. The van der Waals surface area contributed by atoms with Gasteiger partial charge >= 0.3 is 5.69 Å². The molecule has 0 aliphatic carbocycles. The highest BCUT2D eigenvalue weighted by Gasteiger charge is 2.26. The zero-order valence-electron chi connectivity index (χ0n) is 11.5. The number of benzene rings is 2. The van der Waals surface area contributed by atoms with Gasteiger partial charge < -0.3 is 15.9 Å². The van der Waals surface area contributed by atoms with E-state index in [1.807, 2.05) is 30.3 Å². The van der Waals surface area contributed by atoms with Gasteiger partial charge in [0.15, 0.2) is 5.75 Å². The van der Waals surface area contributed by atoms with Crippen LogP contribution in [0.3, 0.4) is 0 Å². The number of nitrogens with two attached hydrogens (primary N) is 1. The van der Waals surface area contributed by atoms with E-state index >= 15 is 0 Å². The number of phenols is 1. The summed E-state index contributed by atoms with van der Waals surface area (Å²) in [6.07, 6.45) is -0.705. The second-order valence-corrected chi connectivity index (χ2v) is 5.82. The quantitative estimate of drug-likeness (QED) is 0.556. The number of aliphatic hydroxyl groups excluding tert-OH is 1. The van der Waals surface area contributed by atoms with E-state index in [0.29, 0.717) is 4.47 Å². The van der Waals surface area contributed by atoms with E-state index in [2.05, 4.69) is 15.9 Å². The summed E-state index contributed by atoms with van der Waals surface area (Å²) in [5, 5.41) is 31.2. The molecule has 0 bridgehead atoms. The van der Waals surface area contributed by atoms with Crippen LogP contribution >= 0.6 is 15.9 Å².